The molecule has 1 heterocycles. The number of aliphatic hydroxyl groups excluding tert-OH is 1. The number of ether oxygens (including phenoxy) is 1. The monoisotopic (exact) mass is 262 g/mol. The molecule has 0 aliphatic heterocycles. The Kier molecular flexibility index (Phi) is 4.52. The molecule has 5 heteroatoms. The van der Waals surface area contributed by atoms with Gasteiger partial charge in [0.15, 0.2) is 0 Å². The van der Waals surface area contributed by atoms with E-state index in [1.165, 1.54) is 0 Å². The van der Waals surface area contributed by atoms with Crippen molar-refractivity contribution in [1.29, 1.82) is 0 Å². The van der Waals surface area contributed by atoms with Crippen molar-refractivity contribution in [1.82, 2.24) is 10.2 Å². The summed E-state index contributed by atoms with van der Waals surface area (Å²) in [5.74, 6) is 2.22. The Labute approximate surface area is 112 Å². The van der Waals surface area contributed by atoms with Crippen LogP contribution < -0.4 is 4.74 Å². The lowest BCUT2D eigenvalue weighted by Crippen LogP contribution is -2.04. The minimum absolute atomic E-state index is 0.00358. The molecule has 0 radical (unpaired) electrons. The van der Waals surface area contributed by atoms with E-state index in [2.05, 4.69) is 24.0 Å². The second-order valence-electron chi connectivity index (χ2n) is 4.70. The Morgan fingerprint density at radius 1 is 1.21 bits per heavy atom. The molecule has 2 rings (SSSR count). The Hall–Kier alpha value is -1.88. The van der Waals surface area contributed by atoms with Gasteiger partial charge in [-0.3, -0.25) is 0 Å². The van der Waals surface area contributed by atoms with Crippen LogP contribution in [0.2, 0.25) is 0 Å². The number of hydrogen-bond acceptors (Lipinski definition) is 5. The van der Waals surface area contributed by atoms with Crippen molar-refractivity contribution in [3.05, 3.63) is 30.2 Å². The van der Waals surface area contributed by atoms with Crippen LogP contribution in [0.4, 0.5) is 0 Å². The standard InChI is InChI=1S/C14H18N2O3/c1-10(2)9-18-12-5-3-11(4-6-12)14-16-15-13(19-14)7-8-17/h3-6,10,17H,7-9H2,1-2H3. The normalized spacial score (nSPS) is 10.9. The molecule has 0 aliphatic rings. The Balaban J connectivity index is 2.04. The summed E-state index contributed by atoms with van der Waals surface area (Å²) < 4.78 is 11.0. The van der Waals surface area contributed by atoms with Gasteiger partial charge in [0.25, 0.3) is 0 Å². The molecule has 0 unspecified atom stereocenters. The first-order valence-corrected chi connectivity index (χ1v) is 6.35. The zero-order chi connectivity index (χ0) is 13.7. The molecular formula is C14H18N2O3. The number of aromatic nitrogens is 2. The fourth-order valence-corrected chi connectivity index (χ4v) is 1.52. The Bertz CT molecular complexity index is 506. The van der Waals surface area contributed by atoms with Crippen LogP contribution in [-0.4, -0.2) is 28.5 Å². The van der Waals surface area contributed by atoms with E-state index in [0.29, 0.717) is 30.7 Å². The van der Waals surface area contributed by atoms with Gasteiger partial charge in [0, 0.05) is 12.0 Å². The number of aliphatic hydroxyl groups is 1. The van der Waals surface area contributed by atoms with Gasteiger partial charge in [-0.2, -0.15) is 0 Å². The van der Waals surface area contributed by atoms with Crippen molar-refractivity contribution in [2.75, 3.05) is 13.2 Å². The largest absolute Gasteiger partial charge is 0.493 e. The highest BCUT2D eigenvalue weighted by Crippen LogP contribution is 2.21. The van der Waals surface area contributed by atoms with Gasteiger partial charge in [-0.15, -0.1) is 10.2 Å². The summed E-state index contributed by atoms with van der Waals surface area (Å²) in [4.78, 5) is 0. The minimum Gasteiger partial charge on any atom is -0.493 e. The minimum atomic E-state index is 0.00358. The van der Waals surface area contributed by atoms with Crippen molar-refractivity contribution in [2.24, 2.45) is 5.92 Å². The quantitative estimate of drug-likeness (QED) is 0.865. The molecule has 0 saturated carbocycles. The molecule has 0 spiro atoms. The lowest BCUT2D eigenvalue weighted by molar-refractivity contribution is 0.271. The maximum atomic E-state index is 8.80. The predicted molar refractivity (Wildman–Crippen MR) is 70.9 cm³/mol. The molecule has 1 N–H and O–H groups in total. The van der Waals surface area contributed by atoms with E-state index in [4.69, 9.17) is 14.3 Å². The van der Waals surface area contributed by atoms with Gasteiger partial charge in [-0.25, -0.2) is 0 Å². The van der Waals surface area contributed by atoms with Crippen LogP contribution in [0.25, 0.3) is 11.5 Å². The highest BCUT2D eigenvalue weighted by molar-refractivity contribution is 5.53. The van der Waals surface area contributed by atoms with E-state index >= 15 is 0 Å². The number of rotatable bonds is 6. The fourth-order valence-electron chi connectivity index (χ4n) is 1.52. The van der Waals surface area contributed by atoms with Crippen LogP contribution in [0, 0.1) is 5.92 Å². The van der Waals surface area contributed by atoms with E-state index in [1.807, 2.05) is 24.3 Å². The van der Waals surface area contributed by atoms with Crippen LogP contribution in [0.15, 0.2) is 28.7 Å². The summed E-state index contributed by atoms with van der Waals surface area (Å²) >= 11 is 0. The van der Waals surface area contributed by atoms with Gasteiger partial charge in [0.1, 0.15) is 5.75 Å². The van der Waals surface area contributed by atoms with Gasteiger partial charge in [0.2, 0.25) is 11.8 Å². The van der Waals surface area contributed by atoms with Crippen LogP contribution >= 0.6 is 0 Å². The lowest BCUT2D eigenvalue weighted by atomic mass is 10.2. The molecule has 5 nitrogen and oxygen atoms in total. The third kappa shape index (κ3) is 3.79. The molecule has 19 heavy (non-hydrogen) atoms. The SMILES string of the molecule is CC(C)COc1ccc(-c2nnc(CCO)o2)cc1. The molecule has 0 aliphatic carbocycles. The fraction of sp³-hybridized carbons (Fsp3) is 0.429. The van der Waals surface area contributed by atoms with Gasteiger partial charge in [-0.05, 0) is 30.2 Å². The molecule has 2 aromatic rings. The van der Waals surface area contributed by atoms with Gasteiger partial charge in [0.05, 0.1) is 13.2 Å². The number of benzene rings is 1. The second kappa shape index (κ2) is 6.33. The molecule has 0 bridgehead atoms. The number of nitrogens with zero attached hydrogens (tertiary/aromatic N) is 2. The van der Waals surface area contributed by atoms with Crippen LogP contribution in [0.3, 0.4) is 0 Å². The van der Waals surface area contributed by atoms with Gasteiger partial charge >= 0.3 is 0 Å². The average Bonchev–Trinajstić information content (AvgIpc) is 2.86. The summed E-state index contributed by atoms with van der Waals surface area (Å²) in [7, 11) is 0. The molecule has 0 fully saturated rings. The van der Waals surface area contributed by atoms with Crippen LogP contribution in [0.1, 0.15) is 19.7 Å². The molecular weight excluding hydrogens is 244 g/mol. The predicted octanol–water partition coefficient (Wildman–Crippen LogP) is 2.31. The zero-order valence-corrected chi connectivity index (χ0v) is 11.2. The van der Waals surface area contributed by atoms with Gasteiger partial charge < -0.3 is 14.3 Å². The first-order valence-electron chi connectivity index (χ1n) is 6.35. The lowest BCUT2D eigenvalue weighted by Gasteiger charge is -2.08. The topological polar surface area (TPSA) is 68.4 Å². The molecule has 1 aromatic heterocycles. The van der Waals surface area contributed by atoms with Gasteiger partial charge in [-0.1, -0.05) is 13.8 Å². The highest BCUT2D eigenvalue weighted by Gasteiger charge is 2.08. The molecule has 0 amide bonds. The van der Waals surface area contributed by atoms with Crippen LogP contribution in [-0.2, 0) is 6.42 Å². The van der Waals surface area contributed by atoms with E-state index in [-0.39, 0.29) is 6.61 Å². The van der Waals surface area contributed by atoms with Crippen molar-refractivity contribution < 1.29 is 14.3 Å². The number of hydrogen-bond donors (Lipinski definition) is 1. The van der Waals surface area contributed by atoms with Crippen molar-refractivity contribution in [3.63, 3.8) is 0 Å². The zero-order valence-electron chi connectivity index (χ0n) is 11.2. The average molecular weight is 262 g/mol. The maximum absolute atomic E-state index is 8.80. The summed E-state index contributed by atoms with van der Waals surface area (Å²) in [5, 5.41) is 16.6. The van der Waals surface area contributed by atoms with Crippen molar-refractivity contribution in [3.8, 4) is 17.2 Å². The molecule has 0 atom stereocenters. The summed E-state index contributed by atoms with van der Waals surface area (Å²) in [6.45, 7) is 4.91. The first kappa shape index (κ1) is 13.5. The van der Waals surface area contributed by atoms with E-state index in [0.717, 1.165) is 11.3 Å². The molecule has 1 aromatic carbocycles. The van der Waals surface area contributed by atoms with E-state index < -0.39 is 0 Å². The van der Waals surface area contributed by atoms with Crippen molar-refractivity contribution in [2.45, 2.75) is 20.3 Å². The summed E-state index contributed by atoms with van der Waals surface area (Å²) in [6, 6.07) is 7.53. The summed E-state index contributed by atoms with van der Waals surface area (Å²) in [5.41, 5.74) is 0.841. The van der Waals surface area contributed by atoms with Crippen LogP contribution in [0.5, 0.6) is 5.75 Å². The Morgan fingerprint density at radius 3 is 2.58 bits per heavy atom. The van der Waals surface area contributed by atoms with E-state index in [1.54, 1.807) is 0 Å². The van der Waals surface area contributed by atoms with E-state index in [9.17, 15) is 0 Å². The third-order valence-corrected chi connectivity index (χ3v) is 2.48. The van der Waals surface area contributed by atoms with Crippen molar-refractivity contribution >= 4 is 0 Å². The second-order valence-corrected chi connectivity index (χ2v) is 4.70. The highest BCUT2D eigenvalue weighted by atomic mass is 16.5. The maximum Gasteiger partial charge on any atom is 0.247 e. The third-order valence-electron chi connectivity index (χ3n) is 2.48. The molecule has 102 valence electrons. The Morgan fingerprint density at radius 2 is 1.95 bits per heavy atom. The summed E-state index contributed by atoms with van der Waals surface area (Å²) in [6.07, 6.45) is 0.378. The molecule has 0 saturated heterocycles. The smallest absolute Gasteiger partial charge is 0.247 e. The first-order chi connectivity index (χ1) is 9.19.